The Morgan fingerprint density at radius 3 is 2.40 bits per heavy atom. The van der Waals surface area contributed by atoms with Crippen LogP contribution in [0.5, 0.6) is 0 Å². The lowest BCUT2D eigenvalue weighted by Gasteiger charge is -2.55. The van der Waals surface area contributed by atoms with Crippen molar-refractivity contribution in [3.63, 3.8) is 0 Å². The molecule has 0 saturated heterocycles. The van der Waals surface area contributed by atoms with Gasteiger partial charge in [-0.3, -0.25) is 5.10 Å². The topological polar surface area (TPSA) is 41.6 Å². The van der Waals surface area contributed by atoms with E-state index >= 15 is 0 Å². The molecule has 1 aromatic heterocycles. The van der Waals surface area contributed by atoms with Crippen LogP contribution in [0.1, 0.15) is 49.9 Å². The minimum atomic E-state index is 0.276. The second-order valence-corrected chi connectivity index (χ2v) is 9.98. The maximum atomic E-state index is 6.27. The Bertz CT molecular complexity index is 768. The first-order valence-electron chi connectivity index (χ1n) is 9.09. The molecule has 0 aliphatic heterocycles. The van der Waals surface area contributed by atoms with Gasteiger partial charge in [0.25, 0.3) is 0 Å². The monoisotopic (exact) mass is 393 g/mol. The molecule has 6 rings (SSSR count). The van der Waals surface area contributed by atoms with Crippen LogP contribution in [0.25, 0.3) is 0 Å². The fraction of sp³-hybridized carbons (Fsp3) is 0.579. The number of aromatic amines is 1. The number of halogens is 2. The van der Waals surface area contributed by atoms with Crippen LogP contribution in [0.15, 0.2) is 23.4 Å². The minimum absolute atomic E-state index is 0.276. The molecule has 6 heteroatoms. The Labute approximate surface area is 162 Å². The van der Waals surface area contributed by atoms with Crippen LogP contribution in [0.4, 0.5) is 0 Å². The summed E-state index contributed by atoms with van der Waals surface area (Å²) in [5.74, 6) is 4.64. The molecular formula is C19H21Cl2N3S. The highest BCUT2D eigenvalue weighted by molar-refractivity contribution is 7.98. The average Bonchev–Trinajstić information content (AvgIpc) is 3.02. The summed E-state index contributed by atoms with van der Waals surface area (Å²) in [5, 5.41) is 9.98. The summed E-state index contributed by atoms with van der Waals surface area (Å²) in [6.45, 7) is 0. The highest BCUT2D eigenvalue weighted by atomic mass is 35.5. The molecular weight excluding hydrogens is 373 g/mol. The molecule has 1 N–H and O–H groups in total. The van der Waals surface area contributed by atoms with Crippen molar-refractivity contribution in [3.05, 3.63) is 39.6 Å². The zero-order chi connectivity index (χ0) is 17.0. The minimum Gasteiger partial charge on any atom is -0.262 e. The highest BCUT2D eigenvalue weighted by Gasteiger charge is 2.53. The van der Waals surface area contributed by atoms with Gasteiger partial charge in [-0.05, 0) is 74.0 Å². The van der Waals surface area contributed by atoms with Crippen molar-refractivity contribution in [2.24, 2.45) is 17.8 Å². The van der Waals surface area contributed by atoms with E-state index in [4.69, 9.17) is 28.2 Å². The summed E-state index contributed by atoms with van der Waals surface area (Å²) in [5.41, 5.74) is 1.34. The summed E-state index contributed by atoms with van der Waals surface area (Å²) < 4.78 is 0. The lowest BCUT2D eigenvalue weighted by Crippen LogP contribution is -2.49. The van der Waals surface area contributed by atoms with E-state index in [-0.39, 0.29) is 5.41 Å². The number of rotatable bonds is 4. The number of hydrogen-bond acceptors (Lipinski definition) is 3. The maximum absolute atomic E-state index is 6.27. The van der Waals surface area contributed by atoms with E-state index in [1.165, 1.54) is 38.5 Å². The summed E-state index contributed by atoms with van der Waals surface area (Å²) in [4.78, 5) is 4.89. The van der Waals surface area contributed by atoms with Gasteiger partial charge in [0.1, 0.15) is 5.82 Å². The van der Waals surface area contributed by atoms with Crippen LogP contribution in [0, 0.1) is 17.8 Å². The van der Waals surface area contributed by atoms with Crippen molar-refractivity contribution >= 4 is 35.0 Å². The number of nitrogens with zero attached hydrogens (tertiary/aromatic N) is 2. The standard InChI is InChI=1S/C19H21Cl2N3S/c20-15-2-1-14(16(21)6-15)10-25-18-22-17(23-24-18)19-7-11-3-12(8-19)5-13(4-11)9-19/h1-2,6,11-13H,3-5,7-10H2,(H,22,23,24). The van der Waals surface area contributed by atoms with Crippen molar-refractivity contribution in [3.8, 4) is 0 Å². The van der Waals surface area contributed by atoms with Crippen molar-refractivity contribution in [2.75, 3.05) is 0 Å². The number of hydrogen-bond donors (Lipinski definition) is 1. The van der Waals surface area contributed by atoms with E-state index in [2.05, 4.69) is 10.2 Å². The lowest BCUT2D eigenvalue weighted by atomic mass is 9.49. The van der Waals surface area contributed by atoms with Crippen LogP contribution in [0.3, 0.4) is 0 Å². The Morgan fingerprint density at radius 1 is 1.08 bits per heavy atom. The second kappa shape index (κ2) is 6.17. The van der Waals surface area contributed by atoms with Crippen molar-refractivity contribution in [2.45, 2.75) is 54.8 Å². The van der Waals surface area contributed by atoms with E-state index in [1.807, 2.05) is 12.1 Å². The van der Waals surface area contributed by atoms with Crippen LogP contribution >= 0.6 is 35.0 Å². The molecule has 132 valence electrons. The van der Waals surface area contributed by atoms with Crippen LogP contribution < -0.4 is 0 Å². The summed E-state index contributed by atoms with van der Waals surface area (Å²) in [6, 6.07) is 5.64. The smallest absolute Gasteiger partial charge is 0.208 e. The van der Waals surface area contributed by atoms with E-state index in [0.29, 0.717) is 10.0 Å². The largest absolute Gasteiger partial charge is 0.262 e. The van der Waals surface area contributed by atoms with Crippen LogP contribution in [-0.2, 0) is 11.2 Å². The first-order chi connectivity index (χ1) is 12.1. The van der Waals surface area contributed by atoms with Crippen LogP contribution in [-0.4, -0.2) is 15.2 Å². The van der Waals surface area contributed by atoms with Crippen molar-refractivity contribution < 1.29 is 0 Å². The van der Waals surface area contributed by atoms with Crippen molar-refractivity contribution in [1.29, 1.82) is 0 Å². The molecule has 3 nitrogen and oxygen atoms in total. The van der Waals surface area contributed by atoms with Gasteiger partial charge in [-0.15, -0.1) is 5.10 Å². The van der Waals surface area contributed by atoms with E-state index in [0.717, 1.165) is 40.1 Å². The molecule has 4 fully saturated rings. The fourth-order valence-corrected chi connectivity index (χ4v) is 7.09. The third kappa shape index (κ3) is 3.00. The summed E-state index contributed by atoms with van der Waals surface area (Å²) in [6.07, 6.45) is 8.27. The SMILES string of the molecule is Clc1ccc(CSc2n[nH]c(C34CC5CC(CC(C5)C3)C4)n2)c(Cl)c1. The third-order valence-corrected chi connectivity index (χ3v) is 7.86. The molecule has 25 heavy (non-hydrogen) atoms. The zero-order valence-corrected chi connectivity index (χ0v) is 16.3. The van der Waals surface area contributed by atoms with E-state index in [1.54, 1.807) is 17.8 Å². The Balaban J connectivity index is 1.32. The zero-order valence-electron chi connectivity index (χ0n) is 14.0. The average molecular weight is 394 g/mol. The van der Waals surface area contributed by atoms with Gasteiger partial charge in [0.2, 0.25) is 5.16 Å². The molecule has 0 atom stereocenters. The van der Waals surface area contributed by atoms with E-state index in [9.17, 15) is 0 Å². The summed E-state index contributed by atoms with van der Waals surface area (Å²) in [7, 11) is 0. The third-order valence-electron chi connectivity index (χ3n) is 6.38. The molecule has 1 heterocycles. The molecule has 0 unspecified atom stereocenters. The molecule has 4 aliphatic carbocycles. The molecule has 0 spiro atoms. The predicted octanol–water partition coefficient (Wildman–Crippen LogP) is 5.87. The van der Waals surface area contributed by atoms with Gasteiger partial charge >= 0.3 is 0 Å². The number of H-pyrrole nitrogens is 1. The maximum Gasteiger partial charge on any atom is 0.208 e. The first kappa shape index (κ1) is 16.5. The Hall–Kier alpha value is -0.710. The molecule has 4 saturated carbocycles. The molecule has 0 amide bonds. The highest BCUT2D eigenvalue weighted by Crippen LogP contribution is 2.60. The van der Waals surface area contributed by atoms with Gasteiger partial charge in [-0.1, -0.05) is 41.0 Å². The first-order valence-corrected chi connectivity index (χ1v) is 10.8. The molecule has 4 aliphatic rings. The summed E-state index contributed by atoms with van der Waals surface area (Å²) >= 11 is 13.9. The van der Waals surface area contributed by atoms with Gasteiger partial charge in [0.05, 0.1) is 0 Å². The van der Waals surface area contributed by atoms with Crippen LogP contribution in [0.2, 0.25) is 10.0 Å². The Morgan fingerprint density at radius 2 is 1.76 bits per heavy atom. The quantitative estimate of drug-likeness (QED) is 0.660. The van der Waals surface area contributed by atoms with Gasteiger partial charge in [0, 0.05) is 21.2 Å². The molecule has 1 aromatic carbocycles. The van der Waals surface area contributed by atoms with E-state index < -0.39 is 0 Å². The van der Waals surface area contributed by atoms with Gasteiger partial charge < -0.3 is 0 Å². The number of benzene rings is 1. The molecule has 2 aromatic rings. The normalized spacial score (nSPS) is 33.1. The van der Waals surface area contributed by atoms with Gasteiger partial charge in [0.15, 0.2) is 0 Å². The number of aromatic nitrogens is 3. The lowest BCUT2D eigenvalue weighted by molar-refractivity contribution is -0.00931. The van der Waals surface area contributed by atoms with Gasteiger partial charge in [-0.25, -0.2) is 4.98 Å². The molecule has 4 bridgehead atoms. The fourth-order valence-electron chi connectivity index (χ4n) is 5.73. The number of nitrogens with one attached hydrogen (secondary N) is 1. The predicted molar refractivity (Wildman–Crippen MR) is 102 cm³/mol. The Kier molecular flexibility index (Phi) is 4.07. The molecule has 0 radical (unpaired) electrons. The number of thioether (sulfide) groups is 1. The second-order valence-electron chi connectivity index (χ2n) is 8.19. The van der Waals surface area contributed by atoms with Gasteiger partial charge in [-0.2, -0.15) is 0 Å². The van der Waals surface area contributed by atoms with Crippen molar-refractivity contribution in [1.82, 2.24) is 15.2 Å².